The Labute approximate surface area is 376 Å². The number of benzene rings is 2. The minimum atomic E-state index is -1.83. The summed E-state index contributed by atoms with van der Waals surface area (Å²) in [5, 5.41) is 91.2. The number of rotatable bonds is 16. The van der Waals surface area contributed by atoms with Crippen molar-refractivity contribution in [3.8, 4) is 0 Å². The third-order valence-electron chi connectivity index (χ3n) is 6.43. The van der Waals surface area contributed by atoms with E-state index < -0.39 is 80.5 Å². The van der Waals surface area contributed by atoms with E-state index in [9.17, 15) is 54.6 Å². The van der Waals surface area contributed by atoms with E-state index in [-0.39, 0.29) is 68.4 Å². The molecule has 0 spiro atoms. The maximum atomic E-state index is 13.7. The van der Waals surface area contributed by atoms with Crippen molar-refractivity contribution in [2.45, 2.75) is 24.4 Å². The molecule has 0 aliphatic rings. The smallest absolute Gasteiger partial charge is 0.323 e. The minimum Gasteiger partial charge on any atom is -0.394 e. The molecule has 6 amide bonds. The molecule has 52 heavy (non-hydrogen) atoms. The molecule has 2 rings (SSSR count). The number of carbonyl (C=O) groups is 5. The second-order valence-electron chi connectivity index (χ2n) is 10.2. The lowest BCUT2D eigenvalue weighted by molar-refractivity contribution is -0.126. The highest BCUT2D eigenvalue weighted by Gasteiger charge is 2.31. The standard InChI is InChI=1S/C27H30I6N6O13/c28-13-11(25(50)34-1-7(44)3-40)15(30)21(17(32)19(13)36-23(48)9(46)5-42)38-27(52)39-22-16(31)12(26(51)35-2-8(45)4-41)14(29)20(18(22)33)37-24(49)10(47)6-43/h7-10,40-47H,1-6H2,(H,34,50)(H,35,51)(H,36,48)(H,37,49)(H2,38,39,52). The van der Waals surface area contributed by atoms with Gasteiger partial charge >= 0.3 is 6.03 Å². The molecule has 0 aromatic heterocycles. The zero-order valence-corrected chi connectivity index (χ0v) is 38.9. The first-order valence-corrected chi connectivity index (χ1v) is 20.7. The summed E-state index contributed by atoms with van der Waals surface area (Å²) in [4.78, 5) is 65.6. The lowest BCUT2D eigenvalue weighted by Crippen LogP contribution is -2.36. The molecule has 0 fully saturated rings. The van der Waals surface area contributed by atoms with Crippen LogP contribution in [0.15, 0.2) is 0 Å². The van der Waals surface area contributed by atoms with Crippen LogP contribution in [0.4, 0.5) is 27.5 Å². The van der Waals surface area contributed by atoms with E-state index in [4.69, 9.17) is 10.2 Å². The third kappa shape index (κ3) is 12.3. The molecule has 0 heterocycles. The maximum absolute atomic E-state index is 13.7. The summed E-state index contributed by atoms with van der Waals surface area (Å²) in [6.07, 6.45) is -6.26. The van der Waals surface area contributed by atoms with Gasteiger partial charge in [0, 0.05) is 13.1 Å². The summed E-state index contributed by atoms with van der Waals surface area (Å²) >= 11 is 10.6. The fourth-order valence-corrected chi connectivity index (χ4v) is 12.1. The normalized spacial score (nSPS) is 13.3. The quantitative estimate of drug-likeness (QED) is 0.0963. The Bertz CT molecular complexity index is 1590. The van der Waals surface area contributed by atoms with Crippen molar-refractivity contribution < 1.29 is 64.8 Å². The van der Waals surface area contributed by atoms with Crippen LogP contribution in [0.2, 0.25) is 0 Å². The number of hydrogen-bond donors (Lipinski definition) is 14. The van der Waals surface area contributed by atoms with Crippen molar-refractivity contribution in [2.24, 2.45) is 0 Å². The average Bonchev–Trinajstić information content (AvgIpc) is 3.12. The lowest BCUT2D eigenvalue weighted by atomic mass is 10.1. The van der Waals surface area contributed by atoms with Crippen molar-refractivity contribution >= 4 is 188 Å². The van der Waals surface area contributed by atoms with Gasteiger partial charge in [-0.15, -0.1) is 0 Å². The topological polar surface area (TPSA) is 319 Å². The maximum Gasteiger partial charge on any atom is 0.323 e. The Morgan fingerprint density at radius 2 is 0.750 bits per heavy atom. The van der Waals surface area contributed by atoms with E-state index in [1.165, 1.54) is 0 Å². The molecule has 4 unspecified atom stereocenters. The van der Waals surface area contributed by atoms with E-state index in [1.54, 1.807) is 136 Å². The lowest BCUT2D eigenvalue weighted by Gasteiger charge is -2.23. The zero-order valence-electron chi connectivity index (χ0n) is 25.9. The molecule has 2 aromatic carbocycles. The van der Waals surface area contributed by atoms with Gasteiger partial charge in [0.15, 0.2) is 12.2 Å². The van der Waals surface area contributed by atoms with E-state index in [0.29, 0.717) is 0 Å². The largest absolute Gasteiger partial charge is 0.394 e. The molecule has 2 aromatic rings. The third-order valence-corrected chi connectivity index (χ3v) is 12.9. The van der Waals surface area contributed by atoms with Gasteiger partial charge in [-0.1, -0.05) is 0 Å². The summed E-state index contributed by atoms with van der Waals surface area (Å²) < 4.78 is 0.958. The molecule has 25 heteroatoms. The summed E-state index contributed by atoms with van der Waals surface area (Å²) in [5.41, 5.74) is -0.260. The molecular weight excluding hydrogens is 1380 g/mol. The van der Waals surface area contributed by atoms with E-state index in [2.05, 4.69) is 31.9 Å². The zero-order chi connectivity index (χ0) is 39.6. The van der Waals surface area contributed by atoms with Crippen LogP contribution in [0.1, 0.15) is 20.7 Å². The first-order chi connectivity index (χ1) is 24.4. The summed E-state index contributed by atoms with van der Waals surface area (Å²) in [6, 6.07) is -0.960. The predicted molar refractivity (Wildman–Crippen MR) is 236 cm³/mol. The number of halogens is 6. The van der Waals surface area contributed by atoms with Crippen LogP contribution in [0.5, 0.6) is 0 Å². The van der Waals surface area contributed by atoms with Crippen LogP contribution >= 0.6 is 136 Å². The summed E-state index contributed by atoms with van der Waals surface area (Å²) in [7, 11) is 0. The minimum absolute atomic E-state index is 0.0214. The highest BCUT2D eigenvalue weighted by molar-refractivity contribution is 14.1. The fraction of sp³-hybridized carbons (Fsp3) is 0.370. The van der Waals surface area contributed by atoms with Crippen LogP contribution in [0.25, 0.3) is 0 Å². The summed E-state index contributed by atoms with van der Waals surface area (Å²) in [6.45, 7) is -3.83. The molecule has 0 radical (unpaired) electrons. The molecule has 288 valence electrons. The van der Waals surface area contributed by atoms with Crippen molar-refractivity contribution in [1.82, 2.24) is 10.6 Å². The number of amides is 6. The Balaban J connectivity index is 2.73. The van der Waals surface area contributed by atoms with Crippen molar-refractivity contribution in [1.29, 1.82) is 0 Å². The van der Waals surface area contributed by atoms with E-state index in [0.717, 1.165) is 0 Å². The number of hydrogen-bond acceptors (Lipinski definition) is 13. The second kappa shape index (κ2) is 22.4. The van der Waals surface area contributed by atoms with Gasteiger partial charge in [0.25, 0.3) is 23.6 Å². The molecule has 0 saturated heterocycles. The first-order valence-electron chi connectivity index (χ1n) is 14.2. The average molecular weight is 1410 g/mol. The molecule has 14 N–H and O–H groups in total. The van der Waals surface area contributed by atoms with Gasteiger partial charge in [0.05, 0.1) is 93.9 Å². The van der Waals surface area contributed by atoms with Crippen molar-refractivity contribution in [3.05, 3.63) is 32.5 Å². The van der Waals surface area contributed by atoms with Gasteiger partial charge in [-0.05, 0) is 136 Å². The number of anilines is 4. The van der Waals surface area contributed by atoms with Gasteiger partial charge in [-0.3, -0.25) is 19.2 Å². The van der Waals surface area contributed by atoms with Gasteiger partial charge in [-0.25, -0.2) is 4.79 Å². The van der Waals surface area contributed by atoms with Crippen LogP contribution in [-0.4, -0.2) is 134 Å². The Hall–Kier alpha value is -0.350. The molecule has 4 atom stereocenters. The Morgan fingerprint density at radius 1 is 0.462 bits per heavy atom. The molecule has 0 aliphatic heterocycles. The molecule has 0 bridgehead atoms. The monoisotopic (exact) mass is 1410 g/mol. The van der Waals surface area contributed by atoms with Crippen LogP contribution in [0.3, 0.4) is 0 Å². The fourth-order valence-electron chi connectivity index (χ4n) is 3.73. The second-order valence-corrected chi connectivity index (χ2v) is 16.7. The van der Waals surface area contributed by atoms with Crippen LogP contribution < -0.4 is 31.9 Å². The SMILES string of the molecule is O=C(Nc1c(I)c(NC(=O)C(O)CO)c(I)c(C(=O)NCC(O)CO)c1I)Nc1c(I)c(NC(=O)C(O)CO)c(I)c(C(=O)NCC(O)CO)c1I. The Morgan fingerprint density at radius 3 is 1.02 bits per heavy atom. The Kier molecular flexibility index (Phi) is 20.6. The van der Waals surface area contributed by atoms with E-state index in [1.807, 2.05) is 0 Å². The number of nitrogens with one attached hydrogen (secondary N) is 6. The number of aliphatic hydroxyl groups is 8. The highest BCUT2D eigenvalue weighted by Crippen LogP contribution is 2.41. The number of carbonyl (C=O) groups excluding carboxylic acids is 5. The van der Waals surface area contributed by atoms with E-state index >= 15 is 0 Å². The predicted octanol–water partition coefficient (Wildman–Crippen LogP) is -0.292. The van der Waals surface area contributed by atoms with Crippen LogP contribution in [-0.2, 0) is 9.59 Å². The first kappa shape index (κ1) is 47.8. The molecule has 19 nitrogen and oxygen atoms in total. The van der Waals surface area contributed by atoms with Crippen molar-refractivity contribution in [2.75, 3.05) is 60.8 Å². The van der Waals surface area contributed by atoms with Crippen LogP contribution in [0, 0.1) is 21.4 Å². The molecule has 0 aliphatic carbocycles. The van der Waals surface area contributed by atoms with Gasteiger partial charge < -0.3 is 72.8 Å². The molecule has 0 saturated carbocycles. The molecular formula is C27H30I6N6O13. The number of urea groups is 1. The van der Waals surface area contributed by atoms with Gasteiger partial charge in [0.2, 0.25) is 0 Å². The van der Waals surface area contributed by atoms with Gasteiger partial charge in [0.1, 0.15) is 0 Å². The van der Waals surface area contributed by atoms with Gasteiger partial charge in [-0.2, -0.15) is 0 Å². The number of aliphatic hydroxyl groups excluding tert-OH is 8. The summed E-state index contributed by atoms with van der Waals surface area (Å²) in [5.74, 6) is -3.60. The van der Waals surface area contributed by atoms with Crippen molar-refractivity contribution in [3.63, 3.8) is 0 Å². The highest BCUT2D eigenvalue weighted by atomic mass is 127.